The highest BCUT2D eigenvalue weighted by atomic mass is 16.5. The Hall–Kier alpha value is -2.29. The molecule has 0 aliphatic heterocycles. The first-order valence-electron chi connectivity index (χ1n) is 7.17. The van der Waals surface area contributed by atoms with Crippen LogP contribution in [-0.4, -0.2) is 13.4 Å². The van der Waals surface area contributed by atoms with Gasteiger partial charge in [0.15, 0.2) is 6.29 Å². The van der Waals surface area contributed by atoms with Crippen LogP contribution < -0.4 is 9.47 Å². The Balaban J connectivity index is 1.76. The maximum atomic E-state index is 11.2. The van der Waals surface area contributed by atoms with E-state index in [0.717, 1.165) is 36.9 Å². The maximum absolute atomic E-state index is 11.2. The monoisotopic (exact) mass is 282 g/mol. The first-order chi connectivity index (χ1) is 10.3. The summed E-state index contributed by atoms with van der Waals surface area (Å²) in [6, 6.07) is 11.7. The van der Waals surface area contributed by atoms with Gasteiger partial charge in [-0.3, -0.25) is 4.79 Å². The molecule has 0 bridgehead atoms. The van der Waals surface area contributed by atoms with Gasteiger partial charge in [-0.2, -0.15) is 0 Å². The fourth-order valence-electron chi connectivity index (χ4n) is 2.72. The largest absolute Gasteiger partial charge is 0.497 e. The number of benzene rings is 2. The zero-order valence-electron chi connectivity index (χ0n) is 12.1. The number of hydrogen-bond donors (Lipinski definition) is 0. The van der Waals surface area contributed by atoms with E-state index in [-0.39, 0.29) is 0 Å². The molecule has 108 valence electrons. The summed E-state index contributed by atoms with van der Waals surface area (Å²) in [5.74, 6) is 1.51. The van der Waals surface area contributed by atoms with Gasteiger partial charge in [0.25, 0.3) is 0 Å². The molecule has 2 aromatic carbocycles. The van der Waals surface area contributed by atoms with Gasteiger partial charge in [-0.05, 0) is 60.2 Å². The normalized spacial score (nSPS) is 12.8. The molecule has 1 aliphatic carbocycles. The van der Waals surface area contributed by atoms with E-state index in [4.69, 9.17) is 9.47 Å². The molecule has 0 aromatic heterocycles. The summed E-state index contributed by atoms with van der Waals surface area (Å²) in [6.07, 6.45) is 4.18. The van der Waals surface area contributed by atoms with Crippen molar-refractivity contribution < 1.29 is 14.3 Å². The van der Waals surface area contributed by atoms with Gasteiger partial charge in [0.05, 0.1) is 12.7 Å². The SMILES string of the molecule is COc1ccc(COc2cc3c(cc2C=O)CCC3)cc1. The number of fused-ring (bicyclic) bond motifs is 1. The topological polar surface area (TPSA) is 35.5 Å². The average molecular weight is 282 g/mol. The van der Waals surface area contributed by atoms with Gasteiger partial charge in [0, 0.05) is 0 Å². The van der Waals surface area contributed by atoms with Crippen molar-refractivity contribution in [2.45, 2.75) is 25.9 Å². The Labute approximate surface area is 124 Å². The molecule has 21 heavy (non-hydrogen) atoms. The lowest BCUT2D eigenvalue weighted by molar-refractivity contribution is 0.111. The lowest BCUT2D eigenvalue weighted by atomic mass is 10.1. The quantitative estimate of drug-likeness (QED) is 0.786. The maximum Gasteiger partial charge on any atom is 0.153 e. The molecule has 0 spiro atoms. The van der Waals surface area contributed by atoms with Crippen molar-refractivity contribution >= 4 is 6.29 Å². The minimum atomic E-state index is 0.448. The van der Waals surface area contributed by atoms with Gasteiger partial charge in [-0.15, -0.1) is 0 Å². The van der Waals surface area contributed by atoms with Crippen LogP contribution in [-0.2, 0) is 19.4 Å². The van der Waals surface area contributed by atoms with E-state index in [0.29, 0.717) is 17.9 Å². The van der Waals surface area contributed by atoms with E-state index in [1.54, 1.807) is 7.11 Å². The Kier molecular flexibility index (Phi) is 3.91. The Morgan fingerprint density at radius 2 is 1.81 bits per heavy atom. The van der Waals surface area contributed by atoms with Crippen molar-refractivity contribution in [3.63, 3.8) is 0 Å². The molecule has 0 fully saturated rings. The van der Waals surface area contributed by atoms with Crippen molar-refractivity contribution in [2.24, 2.45) is 0 Å². The predicted molar refractivity (Wildman–Crippen MR) is 81.2 cm³/mol. The molecule has 1 aliphatic rings. The van der Waals surface area contributed by atoms with Crippen LogP contribution in [0.3, 0.4) is 0 Å². The molecule has 3 heteroatoms. The van der Waals surface area contributed by atoms with Crippen molar-refractivity contribution in [1.82, 2.24) is 0 Å². The first-order valence-corrected chi connectivity index (χ1v) is 7.17. The van der Waals surface area contributed by atoms with Gasteiger partial charge in [0.1, 0.15) is 18.1 Å². The van der Waals surface area contributed by atoms with Crippen LogP contribution in [0.25, 0.3) is 0 Å². The number of rotatable bonds is 5. The molecule has 3 nitrogen and oxygen atoms in total. The van der Waals surface area contributed by atoms with Gasteiger partial charge in [-0.1, -0.05) is 12.1 Å². The molecule has 2 aromatic rings. The molecular formula is C18H18O3. The third-order valence-electron chi connectivity index (χ3n) is 3.90. The summed E-state index contributed by atoms with van der Waals surface area (Å²) in [7, 11) is 1.65. The van der Waals surface area contributed by atoms with Crippen LogP contribution in [0.1, 0.15) is 33.5 Å². The van der Waals surface area contributed by atoms with Crippen LogP contribution in [0.4, 0.5) is 0 Å². The fraction of sp³-hybridized carbons (Fsp3) is 0.278. The van der Waals surface area contributed by atoms with Crippen molar-refractivity contribution in [3.05, 3.63) is 58.7 Å². The van der Waals surface area contributed by atoms with Gasteiger partial charge in [0.2, 0.25) is 0 Å². The fourth-order valence-corrected chi connectivity index (χ4v) is 2.72. The van der Waals surface area contributed by atoms with Crippen LogP contribution in [0.15, 0.2) is 36.4 Å². The molecular weight excluding hydrogens is 264 g/mol. The number of hydrogen-bond acceptors (Lipinski definition) is 3. The average Bonchev–Trinajstić information content (AvgIpc) is 2.99. The minimum Gasteiger partial charge on any atom is -0.497 e. The van der Waals surface area contributed by atoms with Crippen molar-refractivity contribution in [3.8, 4) is 11.5 Å². The van der Waals surface area contributed by atoms with Crippen molar-refractivity contribution in [1.29, 1.82) is 0 Å². The number of aryl methyl sites for hydroxylation is 2. The summed E-state index contributed by atoms with van der Waals surface area (Å²) < 4.78 is 11.0. The highest BCUT2D eigenvalue weighted by molar-refractivity contribution is 5.80. The van der Waals surface area contributed by atoms with E-state index >= 15 is 0 Å². The molecule has 0 heterocycles. The third kappa shape index (κ3) is 2.92. The molecule has 0 atom stereocenters. The van der Waals surface area contributed by atoms with E-state index in [9.17, 15) is 4.79 Å². The second kappa shape index (κ2) is 6.00. The van der Waals surface area contributed by atoms with E-state index in [2.05, 4.69) is 0 Å². The number of aldehydes is 1. The second-order valence-electron chi connectivity index (χ2n) is 5.27. The minimum absolute atomic E-state index is 0.448. The van der Waals surface area contributed by atoms with Gasteiger partial charge >= 0.3 is 0 Å². The highest BCUT2D eigenvalue weighted by Gasteiger charge is 2.15. The number of carbonyl (C=O) groups excluding carboxylic acids is 1. The molecule has 0 unspecified atom stereocenters. The molecule has 0 saturated heterocycles. The third-order valence-corrected chi connectivity index (χ3v) is 3.90. The van der Waals surface area contributed by atoms with Crippen LogP contribution in [0, 0.1) is 0 Å². The summed E-state index contributed by atoms with van der Waals surface area (Å²) in [5.41, 5.74) is 4.29. The number of ether oxygens (including phenoxy) is 2. The van der Waals surface area contributed by atoms with Crippen LogP contribution in [0.5, 0.6) is 11.5 Å². The summed E-state index contributed by atoms with van der Waals surface area (Å²) in [6.45, 7) is 0.448. The summed E-state index contributed by atoms with van der Waals surface area (Å²) in [4.78, 5) is 11.2. The molecule has 0 amide bonds. The molecule has 3 rings (SSSR count). The second-order valence-corrected chi connectivity index (χ2v) is 5.27. The lowest BCUT2D eigenvalue weighted by Crippen LogP contribution is -2.00. The van der Waals surface area contributed by atoms with Crippen molar-refractivity contribution in [2.75, 3.05) is 7.11 Å². The summed E-state index contributed by atoms with van der Waals surface area (Å²) >= 11 is 0. The van der Waals surface area contributed by atoms with Crippen LogP contribution in [0.2, 0.25) is 0 Å². The molecule has 0 radical (unpaired) electrons. The molecule has 0 N–H and O–H groups in total. The van der Waals surface area contributed by atoms with Gasteiger partial charge < -0.3 is 9.47 Å². The van der Waals surface area contributed by atoms with E-state index in [1.165, 1.54) is 11.1 Å². The smallest absolute Gasteiger partial charge is 0.153 e. The standard InChI is InChI=1S/C18H18O3/c1-20-17-7-5-13(6-8-17)12-21-18-10-15-4-2-3-14(15)9-16(18)11-19/h5-11H,2-4,12H2,1H3. The number of carbonyl (C=O) groups is 1. The van der Waals surface area contributed by atoms with Gasteiger partial charge in [-0.25, -0.2) is 0 Å². The Morgan fingerprint density at radius 3 is 2.48 bits per heavy atom. The predicted octanol–water partition coefficient (Wildman–Crippen LogP) is 3.58. The zero-order valence-corrected chi connectivity index (χ0v) is 12.1. The summed E-state index contributed by atoms with van der Waals surface area (Å²) in [5, 5.41) is 0. The van der Waals surface area contributed by atoms with E-state index < -0.39 is 0 Å². The number of methoxy groups -OCH3 is 1. The Bertz CT molecular complexity index is 644. The molecule has 0 saturated carbocycles. The zero-order chi connectivity index (χ0) is 14.7. The first kappa shape index (κ1) is 13.7. The van der Waals surface area contributed by atoms with Crippen LogP contribution >= 0.6 is 0 Å². The Morgan fingerprint density at radius 1 is 1.10 bits per heavy atom. The highest BCUT2D eigenvalue weighted by Crippen LogP contribution is 2.29. The lowest BCUT2D eigenvalue weighted by Gasteiger charge is -2.11. The van der Waals surface area contributed by atoms with E-state index in [1.807, 2.05) is 36.4 Å².